The van der Waals surface area contributed by atoms with Gasteiger partial charge in [0.1, 0.15) is 5.71 Å². The molecular formula is C29H32N3O7P. The molecule has 1 heterocycles. The molecule has 0 amide bonds. The van der Waals surface area contributed by atoms with Gasteiger partial charge in [0.25, 0.3) is 5.69 Å². The first-order valence-corrected chi connectivity index (χ1v) is 14.8. The number of carbonyl (C=O) groups is 1. The largest absolute Gasteiger partial charge is 0.340 e. The summed E-state index contributed by atoms with van der Waals surface area (Å²) in [7, 11) is -3.21. The van der Waals surface area contributed by atoms with Gasteiger partial charge < -0.3 is 18.5 Å². The van der Waals surface area contributed by atoms with Crippen molar-refractivity contribution in [3.8, 4) is 0 Å². The molecule has 0 fully saturated rings. The standard InChI is InChI=1S/C29H32N3O7P/c1-5-37-40(36,38-6-2)17-9-16-31-27-14-12-22(18-25(27)26-19-23(32(34)35)13-15-28(26)31)29(30-39-21(4)33)24-11-8-7-10-20(24)3/h7-8,10-15,18-19H,5-6,9,16-17H2,1-4H3/b30-29-. The first-order valence-electron chi connectivity index (χ1n) is 13.1. The SMILES string of the molecule is CCOP(=O)(CCCn1c2ccc(/C(=N/OC(C)=O)c3ccccc3C)cc2c2cc([N+](=O)[O-])ccc21)OCC. The number of rotatable bonds is 12. The molecule has 40 heavy (non-hydrogen) atoms. The fourth-order valence-electron chi connectivity index (χ4n) is 4.78. The predicted octanol–water partition coefficient (Wildman–Crippen LogP) is 6.98. The van der Waals surface area contributed by atoms with Crippen LogP contribution < -0.4 is 0 Å². The fraction of sp³-hybridized carbons (Fsp3) is 0.310. The molecule has 0 unspecified atom stereocenters. The minimum absolute atomic E-state index is 0.0261. The van der Waals surface area contributed by atoms with Crippen LogP contribution in [-0.4, -0.2) is 40.5 Å². The molecule has 4 rings (SSSR count). The maximum absolute atomic E-state index is 13.0. The normalized spacial score (nSPS) is 12.2. The summed E-state index contributed by atoms with van der Waals surface area (Å²) in [5.74, 6) is -0.546. The van der Waals surface area contributed by atoms with Crippen molar-refractivity contribution >= 4 is 46.8 Å². The van der Waals surface area contributed by atoms with Gasteiger partial charge in [-0.1, -0.05) is 35.5 Å². The molecule has 10 nitrogen and oxygen atoms in total. The summed E-state index contributed by atoms with van der Waals surface area (Å²) < 4.78 is 25.9. The van der Waals surface area contributed by atoms with Crippen molar-refractivity contribution in [2.45, 2.75) is 40.7 Å². The average Bonchev–Trinajstić information content (AvgIpc) is 3.22. The number of fused-ring (bicyclic) bond motifs is 3. The van der Waals surface area contributed by atoms with Crippen molar-refractivity contribution in [2.75, 3.05) is 19.4 Å². The molecule has 0 radical (unpaired) electrons. The molecule has 0 N–H and O–H groups in total. The maximum atomic E-state index is 13.0. The predicted molar refractivity (Wildman–Crippen MR) is 155 cm³/mol. The molecule has 0 spiro atoms. The quantitative estimate of drug-likeness (QED) is 0.0597. The van der Waals surface area contributed by atoms with Crippen molar-refractivity contribution in [1.82, 2.24) is 4.57 Å². The second kappa shape index (κ2) is 12.6. The number of nitro groups is 1. The van der Waals surface area contributed by atoms with Crippen LogP contribution in [0.15, 0.2) is 65.8 Å². The lowest BCUT2D eigenvalue weighted by Gasteiger charge is -2.17. The molecule has 4 aromatic rings. The third-order valence-electron chi connectivity index (χ3n) is 6.46. The van der Waals surface area contributed by atoms with Crippen LogP contribution in [-0.2, 0) is 29.8 Å². The van der Waals surface area contributed by atoms with E-state index < -0.39 is 18.5 Å². The second-order valence-corrected chi connectivity index (χ2v) is 11.4. The van der Waals surface area contributed by atoms with Crippen molar-refractivity contribution in [1.29, 1.82) is 0 Å². The van der Waals surface area contributed by atoms with Gasteiger partial charge in [-0.15, -0.1) is 0 Å². The molecule has 0 aliphatic carbocycles. The zero-order chi connectivity index (χ0) is 28.9. The zero-order valence-electron chi connectivity index (χ0n) is 23.0. The van der Waals surface area contributed by atoms with Gasteiger partial charge in [0.2, 0.25) is 0 Å². The Hall–Kier alpha value is -3.85. The molecule has 210 valence electrons. The third kappa shape index (κ3) is 6.31. The molecule has 0 bridgehead atoms. The van der Waals surface area contributed by atoms with E-state index in [2.05, 4.69) is 9.72 Å². The first-order chi connectivity index (χ1) is 19.2. The number of aryl methyl sites for hydroxylation is 2. The monoisotopic (exact) mass is 565 g/mol. The number of carbonyl (C=O) groups excluding carboxylic acids is 1. The molecule has 0 aliphatic heterocycles. The Morgan fingerprint density at radius 1 is 1.00 bits per heavy atom. The van der Waals surface area contributed by atoms with Crippen LogP contribution in [0.3, 0.4) is 0 Å². The first kappa shape index (κ1) is 29.1. The highest BCUT2D eigenvalue weighted by Crippen LogP contribution is 2.48. The van der Waals surface area contributed by atoms with Crippen LogP contribution >= 0.6 is 7.60 Å². The summed E-state index contributed by atoms with van der Waals surface area (Å²) in [6, 6.07) is 18.1. The van der Waals surface area contributed by atoms with E-state index in [-0.39, 0.29) is 25.1 Å². The number of nitrogens with zero attached hydrogens (tertiary/aromatic N) is 3. The topological polar surface area (TPSA) is 122 Å². The highest BCUT2D eigenvalue weighted by atomic mass is 31.2. The van der Waals surface area contributed by atoms with E-state index >= 15 is 0 Å². The number of aromatic nitrogens is 1. The number of hydrogen-bond acceptors (Lipinski definition) is 8. The lowest BCUT2D eigenvalue weighted by Crippen LogP contribution is -2.08. The molecule has 3 aromatic carbocycles. The minimum atomic E-state index is -3.21. The van der Waals surface area contributed by atoms with Crippen LogP contribution in [0, 0.1) is 17.0 Å². The minimum Gasteiger partial charge on any atom is -0.340 e. The van der Waals surface area contributed by atoms with Crippen molar-refractivity contribution in [2.24, 2.45) is 5.16 Å². The fourth-order valence-corrected chi connectivity index (χ4v) is 6.43. The lowest BCUT2D eigenvalue weighted by atomic mass is 9.97. The number of nitro benzene ring substituents is 1. The van der Waals surface area contributed by atoms with Gasteiger partial charge in [0.05, 0.1) is 24.3 Å². The van der Waals surface area contributed by atoms with E-state index in [9.17, 15) is 19.5 Å². The van der Waals surface area contributed by atoms with E-state index in [0.717, 1.165) is 27.5 Å². The molecule has 0 aliphatic rings. The van der Waals surface area contributed by atoms with Gasteiger partial charge in [-0.3, -0.25) is 14.7 Å². The lowest BCUT2D eigenvalue weighted by molar-refractivity contribution is -0.384. The number of benzene rings is 3. The molecule has 0 saturated heterocycles. The van der Waals surface area contributed by atoms with E-state index in [1.807, 2.05) is 49.4 Å². The van der Waals surface area contributed by atoms with Crippen molar-refractivity contribution in [3.05, 3.63) is 87.5 Å². The second-order valence-electron chi connectivity index (χ2n) is 9.20. The number of non-ortho nitro benzene ring substituents is 1. The van der Waals surface area contributed by atoms with Crippen LogP contribution in [0.4, 0.5) is 5.69 Å². The summed E-state index contributed by atoms with van der Waals surface area (Å²) >= 11 is 0. The molecule has 0 saturated carbocycles. The Balaban J connectivity index is 1.84. The van der Waals surface area contributed by atoms with Gasteiger partial charge in [0, 0.05) is 58.5 Å². The van der Waals surface area contributed by atoms with Gasteiger partial charge >= 0.3 is 13.6 Å². The summed E-state index contributed by atoms with van der Waals surface area (Å²) in [5.41, 5.74) is 4.51. The average molecular weight is 566 g/mol. The summed E-state index contributed by atoms with van der Waals surface area (Å²) in [6.45, 7) is 7.85. The van der Waals surface area contributed by atoms with Gasteiger partial charge in [0.15, 0.2) is 0 Å². The summed E-state index contributed by atoms with van der Waals surface area (Å²) in [4.78, 5) is 27.8. The summed E-state index contributed by atoms with van der Waals surface area (Å²) in [5, 5.41) is 17.3. The molecule has 1 aromatic heterocycles. The maximum Gasteiger partial charge on any atom is 0.332 e. The summed E-state index contributed by atoms with van der Waals surface area (Å²) in [6.07, 6.45) is 0.755. The van der Waals surface area contributed by atoms with Crippen LogP contribution in [0.1, 0.15) is 43.9 Å². The van der Waals surface area contributed by atoms with E-state index in [4.69, 9.17) is 13.9 Å². The van der Waals surface area contributed by atoms with Gasteiger partial charge in [-0.2, -0.15) is 0 Å². The van der Waals surface area contributed by atoms with Crippen LogP contribution in [0.2, 0.25) is 0 Å². The molecule has 0 atom stereocenters. The Bertz CT molecular complexity index is 1630. The Morgan fingerprint density at radius 3 is 2.27 bits per heavy atom. The van der Waals surface area contributed by atoms with Crippen molar-refractivity contribution in [3.63, 3.8) is 0 Å². The van der Waals surface area contributed by atoms with Crippen LogP contribution in [0.5, 0.6) is 0 Å². The Morgan fingerprint density at radius 2 is 1.65 bits per heavy atom. The number of hydrogen-bond donors (Lipinski definition) is 0. The Kier molecular flexibility index (Phi) is 9.14. The van der Waals surface area contributed by atoms with Gasteiger partial charge in [-0.25, -0.2) is 4.79 Å². The molecule has 11 heteroatoms. The number of oxime groups is 1. The molecular weight excluding hydrogens is 533 g/mol. The van der Waals surface area contributed by atoms with E-state index in [1.165, 1.54) is 13.0 Å². The highest BCUT2D eigenvalue weighted by molar-refractivity contribution is 7.53. The van der Waals surface area contributed by atoms with Crippen molar-refractivity contribution < 1.29 is 28.2 Å². The van der Waals surface area contributed by atoms with E-state index in [1.54, 1.807) is 26.0 Å². The zero-order valence-corrected chi connectivity index (χ0v) is 23.9. The van der Waals surface area contributed by atoms with Gasteiger partial charge in [-0.05, 0) is 51.0 Å². The van der Waals surface area contributed by atoms with E-state index in [0.29, 0.717) is 29.6 Å². The third-order valence-corrected chi connectivity index (χ3v) is 8.63. The highest BCUT2D eigenvalue weighted by Gasteiger charge is 2.24. The Labute approximate surface area is 232 Å². The van der Waals surface area contributed by atoms with Crippen LogP contribution in [0.25, 0.3) is 21.8 Å². The smallest absolute Gasteiger partial charge is 0.332 e.